The molecule has 2 atom stereocenters. The van der Waals surface area contributed by atoms with E-state index in [1.165, 1.54) is 5.56 Å². The zero-order chi connectivity index (χ0) is 16.9. The van der Waals surface area contributed by atoms with Gasteiger partial charge in [0.1, 0.15) is 5.69 Å². The standard InChI is InChI=1S/C18H24N4O2/c1-2-22-17(8-9-19-22)18(24)20-16-12-21(11-15(16)13-23)10-14-6-4-3-5-7-14/h3-9,15-16,23H,2,10-13H2,1H3,(H,20,24)/t15-,16+/m0/s1. The average Bonchev–Trinajstić information content (AvgIpc) is 3.22. The highest BCUT2D eigenvalue weighted by Crippen LogP contribution is 2.19. The number of aromatic nitrogens is 2. The van der Waals surface area contributed by atoms with Gasteiger partial charge in [-0.15, -0.1) is 0 Å². The van der Waals surface area contributed by atoms with Crippen LogP contribution in [0.4, 0.5) is 0 Å². The zero-order valence-corrected chi connectivity index (χ0v) is 13.9. The molecule has 1 amide bonds. The molecule has 2 N–H and O–H groups in total. The number of aryl methyl sites for hydroxylation is 1. The van der Waals surface area contributed by atoms with Crippen molar-refractivity contribution < 1.29 is 9.90 Å². The number of nitrogens with one attached hydrogen (secondary N) is 1. The summed E-state index contributed by atoms with van der Waals surface area (Å²) in [6, 6.07) is 11.9. The third-order valence-electron chi connectivity index (χ3n) is 4.57. The number of nitrogens with zero attached hydrogens (tertiary/aromatic N) is 3. The van der Waals surface area contributed by atoms with Crippen LogP contribution in [0.5, 0.6) is 0 Å². The van der Waals surface area contributed by atoms with Crippen molar-refractivity contribution in [2.75, 3.05) is 19.7 Å². The molecule has 3 rings (SSSR count). The van der Waals surface area contributed by atoms with Crippen LogP contribution in [0, 0.1) is 5.92 Å². The largest absolute Gasteiger partial charge is 0.396 e. The molecule has 0 radical (unpaired) electrons. The molecule has 1 saturated heterocycles. The van der Waals surface area contributed by atoms with E-state index in [9.17, 15) is 9.90 Å². The van der Waals surface area contributed by atoms with Gasteiger partial charge in [-0.2, -0.15) is 5.10 Å². The summed E-state index contributed by atoms with van der Waals surface area (Å²) in [5.41, 5.74) is 1.81. The fourth-order valence-electron chi connectivity index (χ4n) is 3.30. The van der Waals surface area contributed by atoms with E-state index in [0.29, 0.717) is 12.2 Å². The van der Waals surface area contributed by atoms with Crippen LogP contribution in [0.25, 0.3) is 0 Å². The smallest absolute Gasteiger partial charge is 0.269 e. The first-order valence-electron chi connectivity index (χ1n) is 8.41. The Balaban J connectivity index is 1.63. The van der Waals surface area contributed by atoms with Gasteiger partial charge in [0.05, 0.1) is 0 Å². The lowest BCUT2D eigenvalue weighted by Crippen LogP contribution is -2.42. The molecule has 6 heteroatoms. The highest BCUT2D eigenvalue weighted by atomic mass is 16.3. The number of likely N-dealkylation sites (tertiary alicyclic amines) is 1. The number of amides is 1. The Kier molecular flexibility index (Phi) is 5.27. The Labute approximate surface area is 142 Å². The number of carbonyl (C=O) groups excluding carboxylic acids is 1. The predicted molar refractivity (Wildman–Crippen MR) is 91.5 cm³/mol. The first-order chi connectivity index (χ1) is 11.7. The van der Waals surface area contributed by atoms with Gasteiger partial charge in [0.15, 0.2) is 0 Å². The second kappa shape index (κ2) is 7.59. The predicted octanol–water partition coefficient (Wildman–Crippen LogP) is 1.13. The molecule has 2 aromatic rings. The van der Waals surface area contributed by atoms with Crippen molar-refractivity contribution in [2.45, 2.75) is 26.1 Å². The summed E-state index contributed by atoms with van der Waals surface area (Å²) in [7, 11) is 0. The van der Waals surface area contributed by atoms with Crippen molar-refractivity contribution in [2.24, 2.45) is 5.92 Å². The van der Waals surface area contributed by atoms with E-state index in [0.717, 1.165) is 19.6 Å². The van der Waals surface area contributed by atoms with Gasteiger partial charge in [-0.3, -0.25) is 14.4 Å². The normalized spacial score (nSPS) is 21.1. The molecular formula is C18H24N4O2. The fraction of sp³-hybridized carbons (Fsp3) is 0.444. The molecule has 0 spiro atoms. The van der Waals surface area contributed by atoms with Crippen molar-refractivity contribution in [3.05, 3.63) is 53.9 Å². The Bertz CT molecular complexity index is 671. The van der Waals surface area contributed by atoms with Gasteiger partial charge in [0.2, 0.25) is 0 Å². The van der Waals surface area contributed by atoms with Crippen molar-refractivity contribution in [1.82, 2.24) is 20.0 Å². The Hall–Kier alpha value is -2.18. The topological polar surface area (TPSA) is 70.4 Å². The summed E-state index contributed by atoms with van der Waals surface area (Å²) in [5.74, 6) is -0.0741. The molecule has 1 aromatic carbocycles. The molecule has 0 unspecified atom stereocenters. The summed E-state index contributed by atoms with van der Waals surface area (Å²) in [6.45, 7) is 5.04. The number of hydrogen-bond acceptors (Lipinski definition) is 4. The molecule has 1 fully saturated rings. The average molecular weight is 328 g/mol. The summed E-state index contributed by atoms with van der Waals surface area (Å²) >= 11 is 0. The highest BCUT2D eigenvalue weighted by molar-refractivity contribution is 5.92. The molecule has 1 aromatic heterocycles. The molecule has 1 aliphatic rings. The van der Waals surface area contributed by atoms with E-state index < -0.39 is 0 Å². The van der Waals surface area contributed by atoms with Gasteiger partial charge in [-0.25, -0.2) is 0 Å². The summed E-state index contributed by atoms with van der Waals surface area (Å²) < 4.78 is 1.68. The number of rotatable bonds is 6. The minimum absolute atomic E-state index is 0.0496. The third-order valence-corrected chi connectivity index (χ3v) is 4.57. The summed E-state index contributed by atoms with van der Waals surface area (Å²) in [5, 5.41) is 16.9. The summed E-state index contributed by atoms with van der Waals surface area (Å²) in [6.07, 6.45) is 1.64. The minimum Gasteiger partial charge on any atom is -0.396 e. The van der Waals surface area contributed by atoms with Gasteiger partial charge in [-0.1, -0.05) is 30.3 Å². The maximum absolute atomic E-state index is 12.5. The monoisotopic (exact) mass is 328 g/mol. The Morgan fingerprint density at radius 2 is 2.08 bits per heavy atom. The minimum atomic E-state index is -0.126. The van der Waals surface area contributed by atoms with Crippen LogP contribution in [0.2, 0.25) is 0 Å². The van der Waals surface area contributed by atoms with Crippen LogP contribution in [-0.2, 0) is 13.1 Å². The number of aliphatic hydroxyl groups excluding tert-OH is 1. The van der Waals surface area contributed by atoms with Gasteiger partial charge in [-0.05, 0) is 18.6 Å². The number of carbonyl (C=O) groups is 1. The Morgan fingerprint density at radius 1 is 1.29 bits per heavy atom. The maximum Gasteiger partial charge on any atom is 0.269 e. The molecule has 128 valence electrons. The van der Waals surface area contributed by atoms with Gasteiger partial charge in [0, 0.05) is 50.9 Å². The lowest BCUT2D eigenvalue weighted by molar-refractivity contribution is 0.0910. The van der Waals surface area contributed by atoms with Crippen molar-refractivity contribution in [3.63, 3.8) is 0 Å². The molecule has 1 aliphatic heterocycles. The maximum atomic E-state index is 12.5. The molecule has 0 saturated carbocycles. The van der Waals surface area contributed by atoms with Crippen LogP contribution in [-0.4, -0.2) is 51.4 Å². The van der Waals surface area contributed by atoms with Crippen LogP contribution >= 0.6 is 0 Å². The molecule has 6 nitrogen and oxygen atoms in total. The first kappa shape index (κ1) is 16.7. The quantitative estimate of drug-likeness (QED) is 0.834. The fourth-order valence-corrected chi connectivity index (χ4v) is 3.30. The van der Waals surface area contributed by atoms with Crippen LogP contribution in [0.1, 0.15) is 23.0 Å². The van der Waals surface area contributed by atoms with Gasteiger partial charge >= 0.3 is 0 Å². The second-order valence-electron chi connectivity index (χ2n) is 6.23. The molecule has 0 aliphatic carbocycles. The summed E-state index contributed by atoms with van der Waals surface area (Å²) in [4.78, 5) is 14.8. The van der Waals surface area contributed by atoms with E-state index in [2.05, 4.69) is 27.4 Å². The second-order valence-corrected chi connectivity index (χ2v) is 6.23. The van der Waals surface area contributed by atoms with Crippen molar-refractivity contribution >= 4 is 5.91 Å². The molecular weight excluding hydrogens is 304 g/mol. The lowest BCUT2D eigenvalue weighted by atomic mass is 10.1. The van der Waals surface area contributed by atoms with Crippen LogP contribution in [0.3, 0.4) is 0 Å². The number of aliphatic hydroxyl groups is 1. The van der Waals surface area contributed by atoms with Crippen molar-refractivity contribution in [3.8, 4) is 0 Å². The van der Waals surface area contributed by atoms with E-state index in [-0.39, 0.29) is 24.5 Å². The SMILES string of the molecule is CCn1nccc1C(=O)N[C@@H]1CN(Cc2ccccc2)C[C@H]1CO. The lowest BCUT2D eigenvalue weighted by Gasteiger charge is -2.18. The molecule has 24 heavy (non-hydrogen) atoms. The first-order valence-corrected chi connectivity index (χ1v) is 8.41. The highest BCUT2D eigenvalue weighted by Gasteiger charge is 2.33. The number of hydrogen-bond donors (Lipinski definition) is 2. The zero-order valence-electron chi connectivity index (χ0n) is 13.9. The van der Waals surface area contributed by atoms with E-state index >= 15 is 0 Å². The van der Waals surface area contributed by atoms with E-state index in [1.807, 2.05) is 25.1 Å². The third kappa shape index (κ3) is 3.66. The number of benzene rings is 1. The van der Waals surface area contributed by atoms with E-state index in [1.54, 1.807) is 16.9 Å². The Morgan fingerprint density at radius 3 is 2.79 bits per heavy atom. The van der Waals surface area contributed by atoms with Crippen LogP contribution in [0.15, 0.2) is 42.6 Å². The van der Waals surface area contributed by atoms with Crippen molar-refractivity contribution in [1.29, 1.82) is 0 Å². The molecule has 0 bridgehead atoms. The van der Waals surface area contributed by atoms with Gasteiger partial charge in [0.25, 0.3) is 5.91 Å². The van der Waals surface area contributed by atoms with E-state index in [4.69, 9.17) is 0 Å². The van der Waals surface area contributed by atoms with Crippen LogP contribution < -0.4 is 5.32 Å². The molecule has 2 heterocycles. The van der Waals surface area contributed by atoms with Gasteiger partial charge < -0.3 is 10.4 Å².